The van der Waals surface area contributed by atoms with Gasteiger partial charge in [-0.1, -0.05) is 26.7 Å². The van der Waals surface area contributed by atoms with Crippen molar-refractivity contribution < 1.29 is 0 Å². The third kappa shape index (κ3) is 4.52. The van der Waals surface area contributed by atoms with Gasteiger partial charge in [-0.25, -0.2) is 0 Å². The van der Waals surface area contributed by atoms with Crippen molar-refractivity contribution in [2.75, 3.05) is 26.7 Å². The Morgan fingerprint density at radius 3 is 2.33 bits per heavy atom. The van der Waals surface area contributed by atoms with Crippen LogP contribution >= 0.6 is 0 Å². The first kappa shape index (κ1) is 13.0. The summed E-state index contributed by atoms with van der Waals surface area (Å²) in [5.41, 5.74) is 0.627. The van der Waals surface area contributed by atoms with Gasteiger partial charge in [0.2, 0.25) is 0 Å². The van der Waals surface area contributed by atoms with Gasteiger partial charge >= 0.3 is 0 Å². The summed E-state index contributed by atoms with van der Waals surface area (Å²) in [7, 11) is 2.02. The summed E-state index contributed by atoms with van der Waals surface area (Å²) in [6, 6.07) is 0. The van der Waals surface area contributed by atoms with Crippen LogP contribution in [0.25, 0.3) is 0 Å². The fourth-order valence-corrected chi connectivity index (χ4v) is 3.01. The van der Waals surface area contributed by atoms with Gasteiger partial charge in [-0.3, -0.25) is 0 Å². The molecule has 1 aliphatic rings. The first-order valence-corrected chi connectivity index (χ1v) is 6.54. The van der Waals surface area contributed by atoms with Crippen LogP contribution in [0.4, 0.5) is 0 Å². The van der Waals surface area contributed by atoms with Crippen molar-refractivity contribution in [2.24, 2.45) is 11.3 Å². The third-order valence-corrected chi connectivity index (χ3v) is 3.56. The van der Waals surface area contributed by atoms with Crippen LogP contribution in [0, 0.1) is 11.3 Å². The van der Waals surface area contributed by atoms with Gasteiger partial charge in [0.25, 0.3) is 0 Å². The first-order valence-electron chi connectivity index (χ1n) is 6.54. The Kier molecular flexibility index (Phi) is 5.62. The lowest BCUT2D eigenvalue weighted by molar-refractivity contribution is 0.224. The summed E-state index contributed by atoms with van der Waals surface area (Å²) in [4.78, 5) is 0. The monoisotopic (exact) mass is 212 g/mol. The van der Waals surface area contributed by atoms with E-state index in [1.165, 1.54) is 38.6 Å². The van der Waals surface area contributed by atoms with Crippen LogP contribution in [0.3, 0.4) is 0 Å². The molecule has 0 heterocycles. The first-order chi connectivity index (χ1) is 7.18. The highest BCUT2D eigenvalue weighted by molar-refractivity contribution is 4.87. The van der Waals surface area contributed by atoms with Gasteiger partial charge in [0.05, 0.1) is 0 Å². The molecule has 1 rings (SSSR count). The minimum Gasteiger partial charge on any atom is -0.318 e. The Labute approximate surface area is 95.2 Å². The Balaban J connectivity index is 2.29. The van der Waals surface area contributed by atoms with Crippen LogP contribution < -0.4 is 10.6 Å². The SMILES string of the molecule is CNCCNCC1(CC(C)C)CCCC1. The van der Waals surface area contributed by atoms with Crippen molar-refractivity contribution in [3.63, 3.8) is 0 Å². The predicted molar refractivity (Wildman–Crippen MR) is 67.2 cm³/mol. The predicted octanol–water partition coefficient (Wildman–Crippen LogP) is 2.40. The van der Waals surface area contributed by atoms with Crippen molar-refractivity contribution in [3.05, 3.63) is 0 Å². The molecule has 0 aliphatic heterocycles. The van der Waals surface area contributed by atoms with Crippen LogP contribution in [0.5, 0.6) is 0 Å². The molecule has 1 aliphatic carbocycles. The normalized spacial score (nSPS) is 20.0. The van der Waals surface area contributed by atoms with E-state index in [9.17, 15) is 0 Å². The molecule has 1 fully saturated rings. The number of rotatable bonds is 7. The molecule has 2 N–H and O–H groups in total. The molecule has 0 aromatic carbocycles. The number of hydrogen-bond acceptors (Lipinski definition) is 2. The molecule has 1 saturated carbocycles. The second-order valence-corrected chi connectivity index (χ2v) is 5.59. The van der Waals surface area contributed by atoms with Gasteiger partial charge in [0.15, 0.2) is 0 Å². The minimum absolute atomic E-state index is 0.627. The Morgan fingerprint density at radius 1 is 1.13 bits per heavy atom. The van der Waals surface area contributed by atoms with E-state index in [1.54, 1.807) is 0 Å². The standard InChI is InChI=1S/C13H28N2/c1-12(2)10-13(6-4-5-7-13)11-15-9-8-14-3/h12,14-15H,4-11H2,1-3H3. The molecule has 0 bridgehead atoms. The summed E-state index contributed by atoms with van der Waals surface area (Å²) >= 11 is 0. The molecule has 0 aromatic heterocycles. The van der Waals surface area contributed by atoms with Crippen LogP contribution in [0.15, 0.2) is 0 Å². The van der Waals surface area contributed by atoms with Gasteiger partial charge in [-0.15, -0.1) is 0 Å². The fraction of sp³-hybridized carbons (Fsp3) is 1.00. The molecule has 0 spiro atoms. The van der Waals surface area contributed by atoms with Gasteiger partial charge < -0.3 is 10.6 Å². The van der Waals surface area contributed by atoms with E-state index in [-0.39, 0.29) is 0 Å². The van der Waals surface area contributed by atoms with Crippen molar-refractivity contribution in [1.29, 1.82) is 0 Å². The smallest absolute Gasteiger partial charge is 0.00768 e. The zero-order chi connectivity index (χ0) is 11.1. The van der Waals surface area contributed by atoms with Crippen LogP contribution in [-0.4, -0.2) is 26.7 Å². The second-order valence-electron chi connectivity index (χ2n) is 5.59. The maximum absolute atomic E-state index is 3.61. The summed E-state index contributed by atoms with van der Waals surface area (Å²) in [6.45, 7) is 8.13. The number of hydrogen-bond donors (Lipinski definition) is 2. The Bertz CT molecular complexity index is 160. The van der Waals surface area contributed by atoms with E-state index in [0.29, 0.717) is 5.41 Å². The maximum atomic E-state index is 3.61. The summed E-state index contributed by atoms with van der Waals surface area (Å²) in [5, 5.41) is 6.80. The van der Waals surface area contributed by atoms with Gasteiger partial charge in [-0.2, -0.15) is 0 Å². The van der Waals surface area contributed by atoms with Crippen molar-refractivity contribution in [2.45, 2.75) is 46.0 Å². The summed E-state index contributed by atoms with van der Waals surface area (Å²) < 4.78 is 0. The zero-order valence-electron chi connectivity index (χ0n) is 10.7. The molecular weight excluding hydrogens is 184 g/mol. The van der Waals surface area contributed by atoms with Gasteiger partial charge in [-0.05, 0) is 37.6 Å². The summed E-state index contributed by atoms with van der Waals surface area (Å²) in [6.07, 6.45) is 7.18. The van der Waals surface area contributed by atoms with Crippen LogP contribution in [0.2, 0.25) is 0 Å². The molecule has 0 saturated heterocycles. The van der Waals surface area contributed by atoms with Crippen LogP contribution in [0.1, 0.15) is 46.0 Å². The van der Waals surface area contributed by atoms with E-state index in [1.807, 2.05) is 7.05 Å². The Morgan fingerprint density at radius 2 is 1.80 bits per heavy atom. The lowest BCUT2D eigenvalue weighted by atomic mass is 9.78. The average Bonchev–Trinajstić information content (AvgIpc) is 2.61. The van der Waals surface area contributed by atoms with E-state index in [2.05, 4.69) is 24.5 Å². The highest BCUT2D eigenvalue weighted by Gasteiger charge is 2.33. The molecular formula is C13H28N2. The molecule has 2 nitrogen and oxygen atoms in total. The van der Waals surface area contributed by atoms with E-state index in [4.69, 9.17) is 0 Å². The maximum Gasteiger partial charge on any atom is 0.00768 e. The molecule has 2 heteroatoms. The number of likely N-dealkylation sites (N-methyl/N-ethyl adjacent to an activating group) is 1. The Hall–Kier alpha value is -0.0800. The van der Waals surface area contributed by atoms with Gasteiger partial charge in [0, 0.05) is 19.6 Å². The quantitative estimate of drug-likeness (QED) is 0.633. The average molecular weight is 212 g/mol. The molecule has 90 valence electrons. The molecule has 0 radical (unpaired) electrons. The highest BCUT2D eigenvalue weighted by atomic mass is 14.9. The van der Waals surface area contributed by atoms with Crippen molar-refractivity contribution in [1.82, 2.24) is 10.6 Å². The highest BCUT2D eigenvalue weighted by Crippen LogP contribution is 2.42. The molecule has 0 aromatic rings. The zero-order valence-corrected chi connectivity index (χ0v) is 10.7. The lowest BCUT2D eigenvalue weighted by Gasteiger charge is -2.31. The lowest BCUT2D eigenvalue weighted by Crippen LogP contribution is -2.36. The summed E-state index contributed by atoms with van der Waals surface area (Å²) in [5.74, 6) is 0.842. The third-order valence-electron chi connectivity index (χ3n) is 3.56. The van der Waals surface area contributed by atoms with Crippen LogP contribution in [-0.2, 0) is 0 Å². The molecule has 0 unspecified atom stereocenters. The molecule has 15 heavy (non-hydrogen) atoms. The molecule has 0 amide bonds. The van der Waals surface area contributed by atoms with Crippen molar-refractivity contribution in [3.8, 4) is 0 Å². The van der Waals surface area contributed by atoms with Crippen molar-refractivity contribution >= 4 is 0 Å². The van der Waals surface area contributed by atoms with E-state index in [0.717, 1.165) is 19.0 Å². The second kappa shape index (κ2) is 6.49. The fourth-order valence-electron chi connectivity index (χ4n) is 3.01. The topological polar surface area (TPSA) is 24.1 Å². The minimum atomic E-state index is 0.627. The van der Waals surface area contributed by atoms with Gasteiger partial charge in [0.1, 0.15) is 0 Å². The number of nitrogens with one attached hydrogen (secondary N) is 2. The molecule has 0 atom stereocenters. The largest absolute Gasteiger partial charge is 0.318 e. The van der Waals surface area contributed by atoms with E-state index < -0.39 is 0 Å². The van der Waals surface area contributed by atoms with E-state index >= 15 is 0 Å².